The summed E-state index contributed by atoms with van der Waals surface area (Å²) in [7, 11) is -3.86. The van der Waals surface area contributed by atoms with Gasteiger partial charge in [0, 0.05) is 18.3 Å². The molecule has 1 heterocycles. The molecule has 170 valence electrons. The highest BCUT2D eigenvalue weighted by atomic mass is 32.2. The van der Waals surface area contributed by atoms with E-state index >= 15 is 0 Å². The molecular formula is C23H33N3O4S. The smallest absolute Gasteiger partial charge is 0.244 e. The van der Waals surface area contributed by atoms with Crippen molar-refractivity contribution in [1.29, 1.82) is 0 Å². The molecule has 0 spiro atoms. The van der Waals surface area contributed by atoms with Gasteiger partial charge in [0.05, 0.1) is 10.5 Å². The SMILES string of the molecule is CC1(C(=O)NC2C3CC4CC2CC(O)(C4)C3)CCCCN1S(=O)(=O)c1cccc(N)c1. The summed E-state index contributed by atoms with van der Waals surface area (Å²) < 4.78 is 28.4. The molecular weight excluding hydrogens is 414 g/mol. The van der Waals surface area contributed by atoms with Gasteiger partial charge in [-0.25, -0.2) is 8.42 Å². The minimum Gasteiger partial charge on any atom is -0.399 e. The number of hydrogen-bond acceptors (Lipinski definition) is 5. The lowest BCUT2D eigenvalue weighted by Crippen LogP contribution is -2.66. The standard InChI is InChI=1S/C23H33N3O4S/c1-22(7-2-3-8-26(22)31(29,30)19-6-4-5-18(24)11-19)21(27)25-20-16-9-15-10-17(20)14-23(28,12-15)13-16/h4-6,11,15-17,20,28H,2-3,7-10,12-14,24H2,1H3,(H,25,27). The summed E-state index contributed by atoms with van der Waals surface area (Å²) >= 11 is 0. The average Bonchev–Trinajstić information content (AvgIpc) is 2.69. The number of aliphatic hydroxyl groups is 1. The van der Waals surface area contributed by atoms with Crippen LogP contribution in [0.25, 0.3) is 0 Å². The van der Waals surface area contributed by atoms with Crippen molar-refractivity contribution in [2.45, 2.75) is 80.4 Å². The maximum absolute atomic E-state index is 13.6. The van der Waals surface area contributed by atoms with Gasteiger partial charge in [0.2, 0.25) is 15.9 Å². The molecule has 7 nitrogen and oxygen atoms in total. The third-order valence-corrected chi connectivity index (χ3v) is 10.3. The fraction of sp³-hybridized carbons (Fsp3) is 0.696. The highest BCUT2D eigenvalue weighted by molar-refractivity contribution is 7.89. The second-order valence-corrected chi connectivity index (χ2v) is 12.4. The molecule has 6 rings (SSSR count). The van der Waals surface area contributed by atoms with Crippen LogP contribution in [0.2, 0.25) is 0 Å². The van der Waals surface area contributed by atoms with Crippen LogP contribution in [-0.2, 0) is 14.8 Å². The van der Waals surface area contributed by atoms with Crippen molar-refractivity contribution in [2.75, 3.05) is 12.3 Å². The Bertz CT molecular complexity index is 980. The molecule has 5 aliphatic rings. The second kappa shape index (κ2) is 7.18. The number of benzene rings is 1. The molecule has 3 atom stereocenters. The van der Waals surface area contributed by atoms with Crippen molar-refractivity contribution in [2.24, 2.45) is 17.8 Å². The first-order valence-corrected chi connectivity index (χ1v) is 13.0. The molecule has 4 bridgehead atoms. The zero-order valence-corrected chi connectivity index (χ0v) is 18.9. The molecule has 4 saturated carbocycles. The van der Waals surface area contributed by atoms with E-state index in [9.17, 15) is 18.3 Å². The first-order chi connectivity index (χ1) is 14.6. The van der Waals surface area contributed by atoms with Gasteiger partial charge in [-0.05, 0) is 94.2 Å². The summed E-state index contributed by atoms with van der Waals surface area (Å²) in [5.74, 6) is 0.920. The molecule has 1 amide bonds. The number of nitrogens with two attached hydrogens (primary N) is 1. The van der Waals surface area contributed by atoms with E-state index < -0.39 is 21.2 Å². The van der Waals surface area contributed by atoms with E-state index in [-0.39, 0.29) is 28.7 Å². The number of anilines is 1. The van der Waals surface area contributed by atoms with Crippen LogP contribution >= 0.6 is 0 Å². The van der Waals surface area contributed by atoms with E-state index in [2.05, 4.69) is 5.32 Å². The van der Waals surface area contributed by atoms with Crippen molar-refractivity contribution in [3.05, 3.63) is 24.3 Å². The van der Waals surface area contributed by atoms with Crippen LogP contribution in [0.3, 0.4) is 0 Å². The molecule has 3 unspecified atom stereocenters. The first-order valence-electron chi connectivity index (χ1n) is 11.5. The van der Waals surface area contributed by atoms with Gasteiger partial charge in [0.1, 0.15) is 5.54 Å². The van der Waals surface area contributed by atoms with Gasteiger partial charge in [-0.1, -0.05) is 6.07 Å². The number of hydrogen-bond donors (Lipinski definition) is 3. The number of nitrogens with one attached hydrogen (secondary N) is 1. The number of amides is 1. The number of rotatable bonds is 4. The third kappa shape index (κ3) is 3.47. The molecule has 5 fully saturated rings. The van der Waals surface area contributed by atoms with Crippen LogP contribution in [0.1, 0.15) is 58.3 Å². The Hall–Kier alpha value is -1.64. The van der Waals surface area contributed by atoms with Gasteiger partial charge < -0.3 is 16.2 Å². The summed E-state index contributed by atoms with van der Waals surface area (Å²) in [5.41, 5.74) is 4.52. The highest BCUT2D eigenvalue weighted by Crippen LogP contribution is 2.55. The molecule has 0 radical (unpaired) electrons. The Morgan fingerprint density at radius 3 is 2.55 bits per heavy atom. The lowest BCUT2D eigenvalue weighted by Gasteiger charge is -2.58. The fourth-order valence-electron chi connectivity index (χ4n) is 7.03. The van der Waals surface area contributed by atoms with Gasteiger partial charge in [0.25, 0.3) is 0 Å². The molecule has 8 heteroatoms. The van der Waals surface area contributed by atoms with Crippen LogP contribution in [0, 0.1) is 17.8 Å². The van der Waals surface area contributed by atoms with Crippen LogP contribution in [0.5, 0.6) is 0 Å². The lowest BCUT2D eigenvalue weighted by molar-refractivity contribution is -0.151. The van der Waals surface area contributed by atoms with Crippen molar-refractivity contribution in [3.63, 3.8) is 0 Å². The topological polar surface area (TPSA) is 113 Å². The molecule has 4 N–H and O–H groups in total. The van der Waals surface area contributed by atoms with E-state index in [0.717, 1.165) is 44.9 Å². The summed E-state index contributed by atoms with van der Waals surface area (Å²) in [6, 6.07) is 6.31. The maximum Gasteiger partial charge on any atom is 0.244 e. The van der Waals surface area contributed by atoms with Gasteiger partial charge in [-0.2, -0.15) is 4.31 Å². The monoisotopic (exact) mass is 447 g/mol. The van der Waals surface area contributed by atoms with E-state index in [4.69, 9.17) is 5.73 Å². The Morgan fingerprint density at radius 2 is 1.90 bits per heavy atom. The number of nitrogens with zero attached hydrogens (tertiary/aromatic N) is 1. The van der Waals surface area contributed by atoms with E-state index in [1.165, 1.54) is 16.4 Å². The van der Waals surface area contributed by atoms with Gasteiger partial charge in [-0.15, -0.1) is 0 Å². The van der Waals surface area contributed by atoms with E-state index in [1.807, 2.05) is 0 Å². The summed E-state index contributed by atoms with van der Waals surface area (Å²) in [5, 5.41) is 14.1. The van der Waals surface area contributed by atoms with E-state index in [0.29, 0.717) is 24.6 Å². The number of piperidine rings is 1. The number of carbonyl (C=O) groups is 1. The predicted molar refractivity (Wildman–Crippen MR) is 117 cm³/mol. The zero-order valence-electron chi connectivity index (χ0n) is 18.1. The minimum absolute atomic E-state index is 0.0278. The number of nitrogen functional groups attached to an aromatic ring is 1. The average molecular weight is 448 g/mol. The normalized spacial score (nSPS) is 40.1. The fourth-order valence-corrected chi connectivity index (χ4v) is 8.90. The van der Waals surface area contributed by atoms with Crippen molar-refractivity contribution < 1.29 is 18.3 Å². The Morgan fingerprint density at radius 1 is 1.19 bits per heavy atom. The third-order valence-electron chi connectivity index (χ3n) is 8.30. The van der Waals surface area contributed by atoms with Gasteiger partial charge >= 0.3 is 0 Å². The lowest BCUT2D eigenvalue weighted by atomic mass is 9.52. The van der Waals surface area contributed by atoms with Crippen molar-refractivity contribution in [3.8, 4) is 0 Å². The van der Waals surface area contributed by atoms with Gasteiger partial charge in [0.15, 0.2) is 0 Å². The van der Waals surface area contributed by atoms with Crippen LogP contribution in [-0.4, -0.2) is 47.5 Å². The molecule has 1 aromatic rings. The number of carbonyl (C=O) groups excluding carboxylic acids is 1. The quantitative estimate of drug-likeness (QED) is 0.613. The highest BCUT2D eigenvalue weighted by Gasteiger charge is 2.56. The second-order valence-electron chi connectivity index (χ2n) is 10.6. The molecule has 4 aliphatic carbocycles. The van der Waals surface area contributed by atoms with Crippen LogP contribution < -0.4 is 11.1 Å². The van der Waals surface area contributed by atoms with Crippen molar-refractivity contribution >= 4 is 21.6 Å². The first kappa shape index (κ1) is 21.2. The Kier molecular flexibility index (Phi) is 4.92. The Balaban J connectivity index is 1.40. The molecule has 0 aromatic heterocycles. The van der Waals surface area contributed by atoms with Crippen LogP contribution in [0.15, 0.2) is 29.2 Å². The van der Waals surface area contributed by atoms with E-state index in [1.54, 1.807) is 19.1 Å². The largest absolute Gasteiger partial charge is 0.399 e. The maximum atomic E-state index is 13.6. The molecule has 1 aliphatic heterocycles. The molecule has 1 aromatic carbocycles. The number of sulfonamides is 1. The molecule has 1 saturated heterocycles. The predicted octanol–water partition coefficient (Wildman–Crippen LogP) is 2.26. The minimum atomic E-state index is -3.86. The van der Waals surface area contributed by atoms with Crippen molar-refractivity contribution in [1.82, 2.24) is 9.62 Å². The molecule has 31 heavy (non-hydrogen) atoms. The Labute approximate surface area is 184 Å². The van der Waals surface area contributed by atoms with Gasteiger partial charge in [-0.3, -0.25) is 4.79 Å². The van der Waals surface area contributed by atoms with Crippen LogP contribution in [0.4, 0.5) is 5.69 Å². The summed E-state index contributed by atoms with van der Waals surface area (Å²) in [6.07, 6.45) is 6.51. The zero-order chi connectivity index (χ0) is 22.0. The summed E-state index contributed by atoms with van der Waals surface area (Å²) in [4.78, 5) is 13.8. The summed E-state index contributed by atoms with van der Waals surface area (Å²) in [6.45, 7) is 2.08.